The normalized spacial score (nSPS) is 23.3. The van der Waals surface area contributed by atoms with E-state index in [1.165, 1.54) is 57.2 Å². The van der Waals surface area contributed by atoms with E-state index in [0.717, 1.165) is 38.5 Å². The monoisotopic (exact) mass is 1700 g/mol. The number of unbranched alkanes of at least 4 members (excludes halogenated alkanes) is 4. The number of ketones is 2. The predicted molar refractivity (Wildman–Crippen MR) is 405 cm³/mol. The van der Waals surface area contributed by atoms with Gasteiger partial charge in [0.15, 0.2) is 39.2 Å². The Labute approximate surface area is 649 Å². The average molecular weight is 1700 g/mol. The van der Waals surface area contributed by atoms with Crippen molar-refractivity contribution < 1.29 is 109 Å². The van der Waals surface area contributed by atoms with Crippen LogP contribution >= 0.6 is 7.60 Å². The minimum absolute atomic E-state index is 0. The molecule has 106 heavy (non-hydrogen) atoms. The summed E-state index contributed by atoms with van der Waals surface area (Å²) >= 11 is 0. The number of carbonyl (C=O) groups is 4. The molecule has 0 radical (unpaired) electrons. The van der Waals surface area contributed by atoms with E-state index in [1.54, 1.807) is 0 Å². The number of Topliss-reactive ketones (excluding diaryl/α,β-unsaturated/α-hetero) is 2. The summed E-state index contributed by atoms with van der Waals surface area (Å²) in [4.78, 5) is 134. The molecule has 3 aromatic rings. The molecule has 0 aromatic carbocycles. The predicted octanol–water partition coefficient (Wildman–Crippen LogP) is 5.78. The molecule has 4 unspecified atom stereocenters. The molecule has 0 saturated carbocycles. The van der Waals surface area contributed by atoms with Crippen LogP contribution in [0, 0.1) is 0 Å². The third-order valence-corrected chi connectivity index (χ3v) is 38.7. The first kappa shape index (κ1) is 97.9. The number of nitrogens with one attached hydrogen (secondary N) is 3. The Morgan fingerprint density at radius 2 is 0.840 bits per heavy atom. The van der Waals surface area contributed by atoms with E-state index < -0.39 is 165 Å². The number of ether oxygens (including phenoxy) is 5. The number of aliphatic hydroxyl groups excluding tert-OH is 1. The van der Waals surface area contributed by atoms with Gasteiger partial charge in [-0.3, -0.25) is 71.3 Å². The van der Waals surface area contributed by atoms with E-state index in [0.29, 0.717) is 19.3 Å². The van der Waals surface area contributed by atoms with E-state index in [-0.39, 0.29) is 117 Å². The highest BCUT2D eigenvalue weighted by molar-refractivity contribution is 7.53. The van der Waals surface area contributed by atoms with Gasteiger partial charge in [-0.1, -0.05) is 158 Å². The summed E-state index contributed by atoms with van der Waals surface area (Å²) in [6.07, 6.45) is -2.33. The van der Waals surface area contributed by atoms with E-state index in [2.05, 4.69) is 126 Å². The number of esters is 2. The van der Waals surface area contributed by atoms with E-state index in [4.69, 9.17) is 46.0 Å². The first-order valence-electron chi connectivity index (χ1n) is 37.0. The second-order valence-electron chi connectivity index (χ2n) is 31.0. The summed E-state index contributed by atoms with van der Waals surface area (Å²) in [5.41, 5.74) is -3.28. The number of hydrogen-bond donors (Lipinski definition) is 4. The number of aromatic amines is 3. The highest BCUT2D eigenvalue weighted by atomic mass is 79.9. The molecule has 0 spiro atoms. The molecule has 608 valence electrons. The quantitative estimate of drug-likeness (QED) is 0.0228. The van der Waals surface area contributed by atoms with Gasteiger partial charge in [0.25, 0.3) is 16.7 Å². The molecule has 3 aliphatic rings. The van der Waals surface area contributed by atoms with Gasteiger partial charge in [0, 0.05) is 69.1 Å². The molecule has 0 amide bonds. The zero-order chi connectivity index (χ0) is 77.4. The summed E-state index contributed by atoms with van der Waals surface area (Å²) in [6.45, 7) is 41.6. The SMILES string of the molecule is C.CCCCCC(=O)CCC(=O)O[C@@H]1C(O[Si](C(C)C)(C(C)C)C(C)C)[C@H](n2ccc(=O)[nH]c2=O)O[C@@H]1CO.CCCCCC(=O)CCC(=O)O[C@@H]1C(O[Si](C(C)C)(C(C)C)C(C)C)[C@H](n2ccc(=O)[nH]c2=O)O[C@@H]1COP(C)(=O)O[C@@H]1C(O[Si](C)(C)C(C)(C)C)[C@H](n2ccc(=O)[nH]c2=O)O[C@@H]1CC.[Br-].[Br-]. The Morgan fingerprint density at radius 3 is 1.15 bits per heavy atom. The van der Waals surface area contributed by atoms with Crippen molar-refractivity contribution in [3.8, 4) is 0 Å². The maximum Gasteiger partial charge on any atom is 0.330 e. The molecule has 6 heterocycles. The number of halogens is 2. The lowest BCUT2D eigenvalue weighted by Crippen LogP contribution is -3.00. The van der Waals surface area contributed by atoms with Gasteiger partial charge < -0.3 is 80.6 Å². The molecule has 0 aliphatic carbocycles. The van der Waals surface area contributed by atoms with E-state index >= 15 is 0 Å². The minimum atomic E-state index is -4.14. The summed E-state index contributed by atoms with van der Waals surface area (Å²) in [6, 6.07) is 3.58. The largest absolute Gasteiger partial charge is 1.00 e. The molecule has 3 aromatic heterocycles. The van der Waals surface area contributed by atoms with Crippen LogP contribution in [-0.4, -0.2) is 157 Å². The van der Waals surface area contributed by atoms with Crippen molar-refractivity contribution in [3.05, 3.63) is 99.3 Å². The average Bonchev–Trinajstić information content (AvgIpc) is 1.62. The molecule has 6 rings (SSSR count). The van der Waals surface area contributed by atoms with Crippen LogP contribution in [0.15, 0.2) is 65.6 Å². The van der Waals surface area contributed by atoms with Crippen LogP contribution in [0.25, 0.3) is 0 Å². The number of aliphatic hydroxyl groups is 1. The lowest BCUT2D eigenvalue weighted by atomic mass is 10.1. The third kappa shape index (κ3) is 24.9. The molecular formula is C72H125Br2N6O22PSi3-2. The van der Waals surface area contributed by atoms with Gasteiger partial charge in [0.05, 0.1) is 32.2 Å². The fraction of sp³-hybridized carbons (Fsp3) is 0.778. The summed E-state index contributed by atoms with van der Waals surface area (Å²) in [5.74, 6) is -1.34. The number of hydrogen-bond acceptors (Lipinski definition) is 22. The topological polar surface area (TPSA) is 362 Å². The van der Waals surface area contributed by atoms with Gasteiger partial charge in [-0.2, -0.15) is 0 Å². The first-order chi connectivity index (χ1) is 48.1. The Balaban J connectivity index is 0.000000796. The first-order valence-corrected chi connectivity index (χ1v) is 46.1. The van der Waals surface area contributed by atoms with Gasteiger partial charge in [-0.15, -0.1) is 0 Å². The standard InChI is InChI=1S/C44H75N4O14PSi2.C27H46N2O8Si.CH4.2BrH/c1-15-17-18-19-30(49)20-21-35(52)59-36-32(58-40(47-24-22-33(50)45-42(47)53)38(36)62-65(27(3)4,28(5)6)29(7)8)26-56-63(12,55)60-37-31(16-2)57-41(48-25-23-34(51)46-43(48)54)39(37)61-64(13,14)44(9,10)11;1-8-9-10-11-20(31)12-13-23(33)36-24-21(16-30)35-26(29-15-14-22(32)28-27(29)34)25(24)37-38(17(2)3,18(4)5)19(6)7;;;/h22-25,27-29,31-32,36-41H,15-21,26H2,1-14H3,(H,45,50,53)(H,46,51,54);14-15,17-19,21,24-26,30H,8-13,16H2,1-7H3,(H,28,32,34);1H4;2*1H/p-2/t31-,32-,36+,37+,38?,39?,40-,41-,63?;21-,24+,25?,26-;;;/m11.../s1. The van der Waals surface area contributed by atoms with Gasteiger partial charge >= 0.3 is 36.6 Å². The highest BCUT2D eigenvalue weighted by Crippen LogP contribution is 2.54. The molecule has 0 bridgehead atoms. The van der Waals surface area contributed by atoms with Crippen molar-refractivity contribution in [3.63, 3.8) is 0 Å². The fourth-order valence-electron chi connectivity index (χ4n) is 14.6. The Kier molecular flexibility index (Phi) is 39.7. The van der Waals surface area contributed by atoms with Crippen LogP contribution in [0.1, 0.15) is 234 Å². The Morgan fingerprint density at radius 1 is 0.509 bits per heavy atom. The van der Waals surface area contributed by atoms with Crippen LogP contribution < -0.4 is 67.7 Å². The smallest absolute Gasteiger partial charge is 0.330 e. The van der Waals surface area contributed by atoms with Gasteiger partial charge in [0.2, 0.25) is 16.6 Å². The van der Waals surface area contributed by atoms with Crippen molar-refractivity contribution in [2.24, 2.45) is 0 Å². The van der Waals surface area contributed by atoms with Crippen molar-refractivity contribution in [1.29, 1.82) is 0 Å². The third-order valence-electron chi connectivity index (χ3n) is 20.8. The maximum absolute atomic E-state index is 14.7. The molecule has 13 atom stereocenters. The van der Waals surface area contributed by atoms with Crippen molar-refractivity contribution in [1.82, 2.24) is 28.7 Å². The summed E-state index contributed by atoms with van der Waals surface area (Å²) < 4.78 is 83.2. The van der Waals surface area contributed by atoms with Crippen LogP contribution in [0.2, 0.25) is 51.4 Å². The van der Waals surface area contributed by atoms with Crippen molar-refractivity contribution >= 4 is 56.1 Å². The molecule has 28 nitrogen and oxygen atoms in total. The van der Waals surface area contributed by atoms with Crippen LogP contribution in [0.4, 0.5) is 0 Å². The van der Waals surface area contributed by atoms with E-state index in [1.807, 2.05) is 26.9 Å². The Hall–Kier alpha value is -4.20. The number of H-pyrrole nitrogens is 3. The highest BCUT2D eigenvalue weighted by Gasteiger charge is 2.59. The van der Waals surface area contributed by atoms with Gasteiger partial charge in [0.1, 0.15) is 48.2 Å². The molecule has 34 heteroatoms. The zero-order valence-corrected chi connectivity index (χ0v) is 72.6. The van der Waals surface area contributed by atoms with E-state index in [9.17, 15) is 57.6 Å². The number of nitrogens with zero attached hydrogens (tertiary/aromatic N) is 3. The minimum Gasteiger partial charge on any atom is -1.00 e. The lowest BCUT2D eigenvalue weighted by molar-refractivity contribution is -0.157. The molecule has 3 aliphatic heterocycles. The lowest BCUT2D eigenvalue weighted by Gasteiger charge is -2.45. The number of carbonyl (C=O) groups excluding carboxylic acids is 4. The number of rotatable bonds is 38. The van der Waals surface area contributed by atoms with Crippen LogP contribution in [-0.2, 0) is 69.8 Å². The summed E-state index contributed by atoms with van der Waals surface area (Å²) in [7, 11) is -12.2. The number of aromatic nitrogens is 6. The summed E-state index contributed by atoms with van der Waals surface area (Å²) in [5, 5.41) is 9.85. The maximum atomic E-state index is 14.7. The van der Waals surface area contributed by atoms with Crippen molar-refractivity contribution in [2.75, 3.05) is 19.9 Å². The zero-order valence-electron chi connectivity index (χ0n) is 65.5. The molecular weight excluding hydrogens is 1580 g/mol. The Bertz CT molecular complexity index is 3660. The van der Waals surface area contributed by atoms with Crippen molar-refractivity contribution in [2.45, 2.75) is 341 Å². The van der Waals surface area contributed by atoms with Crippen LogP contribution in [0.5, 0.6) is 0 Å². The molecule has 3 saturated heterocycles. The van der Waals surface area contributed by atoms with Crippen LogP contribution in [0.3, 0.4) is 0 Å². The van der Waals surface area contributed by atoms with Gasteiger partial charge in [-0.05, 0) is 70.6 Å². The molecule has 4 N–H and O–H groups in total. The fourth-order valence-corrected chi connectivity index (χ4v) is 28.2. The molecule has 3 fully saturated rings. The second-order valence-corrected chi connectivity index (χ2v) is 48.6. The van der Waals surface area contributed by atoms with Gasteiger partial charge in [-0.25, -0.2) is 14.4 Å². The second kappa shape index (κ2) is 43.0.